The number of benzene rings is 1. The molecule has 0 aliphatic rings. The summed E-state index contributed by atoms with van der Waals surface area (Å²) in [4.78, 5) is 21.8. The number of hydrogen-bond acceptors (Lipinski definition) is 3. The smallest absolute Gasteiger partial charge is 0.329 e. The van der Waals surface area contributed by atoms with Gasteiger partial charge in [0.25, 0.3) is 0 Å². The van der Waals surface area contributed by atoms with Gasteiger partial charge >= 0.3 is 12.0 Å². The van der Waals surface area contributed by atoms with Crippen molar-refractivity contribution in [3.05, 3.63) is 29.8 Å². The molecule has 0 unspecified atom stereocenters. The second kappa shape index (κ2) is 7.64. The van der Waals surface area contributed by atoms with Gasteiger partial charge in [-0.1, -0.05) is 32.9 Å². The van der Waals surface area contributed by atoms with Gasteiger partial charge in [-0.15, -0.1) is 0 Å². The summed E-state index contributed by atoms with van der Waals surface area (Å²) in [5.74, 6) is -1.03. The van der Waals surface area contributed by atoms with E-state index in [-0.39, 0.29) is 31.2 Å². The van der Waals surface area contributed by atoms with Crippen LogP contribution < -0.4 is 10.6 Å². The number of carboxylic acids is 1. The number of urea groups is 1. The number of anilines is 1. The Kier molecular flexibility index (Phi) is 6.17. The molecular weight excluding hydrogens is 272 g/mol. The van der Waals surface area contributed by atoms with E-state index in [4.69, 9.17) is 9.84 Å². The summed E-state index contributed by atoms with van der Waals surface area (Å²) in [7, 11) is 0. The quantitative estimate of drug-likeness (QED) is 0.702. The largest absolute Gasteiger partial charge is 0.480 e. The zero-order valence-corrected chi connectivity index (χ0v) is 12.6. The Morgan fingerprint density at radius 3 is 2.33 bits per heavy atom. The van der Waals surface area contributed by atoms with Crippen LogP contribution in [0.1, 0.15) is 26.3 Å². The van der Waals surface area contributed by atoms with Gasteiger partial charge in [0.05, 0.1) is 6.61 Å². The summed E-state index contributed by atoms with van der Waals surface area (Å²) >= 11 is 0. The molecule has 6 heteroatoms. The van der Waals surface area contributed by atoms with Crippen molar-refractivity contribution in [2.45, 2.75) is 26.2 Å². The lowest BCUT2D eigenvalue weighted by molar-refractivity contribution is -0.142. The number of rotatable bonds is 6. The molecule has 21 heavy (non-hydrogen) atoms. The van der Waals surface area contributed by atoms with E-state index in [1.165, 1.54) is 5.56 Å². The molecule has 3 N–H and O–H groups in total. The van der Waals surface area contributed by atoms with E-state index >= 15 is 0 Å². The van der Waals surface area contributed by atoms with Gasteiger partial charge in [-0.05, 0) is 23.1 Å². The predicted molar refractivity (Wildman–Crippen MR) is 80.6 cm³/mol. The van der Waals surface area contributed by atoms with Crippen LogP contribution in [-0.4, -0.2) is 36.9 Å². The molecule has 0 saturated heterocycles. The maximum Gasteiger partial charge on any atom is 0.329 e. The second-order valence-electron chi connectivity index (χ2n) is 5.65. The van der Waals surface area contributed by atoms with Crippen molar-refractivity contribution in [3.63, 3.8) is 0 Å². The van der Waals surface area contributed by atoms with E-state index in [9.17, 15) is 9.59 Å². The Balaban J connectivity index is 2.33. The zero-order chi connectivity index (χ0) is 15.9. The number of carboxylic acid groups (broad SMARTS) is 1. The highest BCUT2D eigenvalue weighted by Gasteiger charge is 2.13. The van der Waals surface area contributed by atoms with Crippen molar-refractivity contribution in [2.75, 3.05) is 25.1 Å². The first-order chi connectivity index (χ1) is 9.79. The van der Waals surface area contributed by atoms with Crippen LogP contribution in [0, 0.1) is 0 Å². The van der Waals surface area contributed by atoms with Crippen molar-refractivity contribution >= 4 is 17.7 Å². The number of carbonyl (C=O) groups excluding carboxylic acids is 1. The maximum absolute atomic E-state index is 11.6. The molecule has 116 valence electrons. The topological polar surface area (TPSA) is 87.7 Å². The molecule has 1 rings (SSSR count). The Bertz CT molecular complexity index is 477. The van der Waals surface area contributed by atoms with Gasteiger partial charge in [0.2, 0.25) is 0 Å². The Morgan fingerprint density at radius 1 is 1.19 bits per heavy atom. The van der Waals surface area contributed by atoms with Crippen molar-refractivity contribution in [2.24, 2.45) is 0 Å². The third kappa shape index (κ3) is 6.76. The fraction of sp³-hybridized carbons (Fsp3) is 0.467. The molecule has 0 spiro atoms. The highest BCUT2D eigenvalue weighted by Crippen LogP contribution is 2.23. The third-order valence-corrected chi connectivity index (χ3v) is 2.77. The van der Waals surface area contributed by atoms with Crippen LogP contribution in [0.3, 0.4) is 0 Å². The van der Waals surface area contributed by atoms with Gasteiger partial charge in [0, 0.05) is 12.2 Å². The first-order valence-corrected chi connectivity index (χ1v) is 6.74. The van der Waals surface area contributed by atoms with Crippen molar-refractivity contribution in [1.29, 1.82) is 0 Å². The second-order valence-corrected chi connectivity index (χ2v) is 5.65. The molecule has 0 heterocycles. The fourth-order valence-corrected chi connectivity index (χ4v) is 1.63. The van der Waals surface area contributed by atoms with Crippen LogP contribution in [0.25, 0.3) is 0 Å². The number of carbonyl (C=O) groups is 2. The van der Waals surface area contributed by atoms with Gasteiger partial charge in [-0.2, -0.15) is 0 Å². The average Bonchev–Trinajstić information content (AvgIpc) is 2.37. The van der Waals surface area contributed by atoms with Crippen LogP contribution in [0.5, 0.6) is 0 Å². The summed E-state index contributed by atoms with van der Waals surface area (Å²) < 4.78 is 4.81. The van der Waals surface area contributed by atoms with E-state index in [2.05, 4.69) is 31.4 Å². The van der Waals surface area contributed by atoms with Gasteiger partial charge in [-0.3, -0.25) is 0 Å². The number of aliphatic carboxylic acids is 1. The first kappa shape index (κ1) is 17.0. The molecule has 1 aromatic rings. The molecule has 0 fully saturated rings. The first-order valence-electron chi connectivity index (χ1n) is 6.74. The lowest BCUT2D eigenvalue weighted by atomic mass is 9.87. The molecule has 1 aromatic carbocycles. The molecule has 0 aliphatic heterocycles. The molecule has 0 aliphatic carbocycles. The lowest BCUT2D eigenvalue weighted by Crippen LogP contribution is -2.32. The van der Waals surface area contributed by atoms with Crippen LogP contribution >= 0.6 is 0 Å². The van der Waals surface area contributed by atoms with Gasteiger partial charge < -0.3 is 20.5 Å². The van der Waals surface area contributed by atoms with Crippen molar-refractivity contribution in [1.82, 2.24) is 5.32 Å². The summed E-state index contributed by atoms with van der Waals surface area (Å²) in [6, 6.07) is 7.30. The molecule has 0 atom stereocenters. The Morgan fingerprint density at radius 2 is 1.81 bits per heavy atom. The maximum atomic E-state index is 11.6. The van der Waals surface area contributed by atoms with Crippen molar-refractivity contribution in [3.8, 4) is 0 Å². The van der Waals surface area contributed by atoms with Gasteiger partial charge in [-0.25, -0.2) is 9.59 Å². The number of ether oxygens (including phenoxy) is 1. The van der Waals surface area contributed by atoms with E-state index in [1.807, 2.05) is 24.3 Å². The molecule has 0 bridgehead atoms. The lowest BCUT2D eigenvalue weighted by Gasteiger charge is -2.19. The molecule has 2 amide bonds. The average molecular weight is 294 g/mol. The number of amides is 2. The summed E-state index contributed by atoms with van der Waals surface area (Å²) in [6.07, 6.45) is 0. The third-order valence-electron chi connectivity index (χ3n) is 2.77. The van der Waals surface area contributed by atoms with Gasteiger partial charge in [0.1, 0.15) is 6.61 Å². The highest BCUT2D eigenvalue weighted by atomic mass is 16.5. The van der Waals surface area contributed by atoms with Crippen LogP contribution in [0.15, 0.2) is 24.3 Å². The Labute approximate surface area is 124 Å². The summed E-state index contributed by atoms with van der Waals surface area (Å²) in [6.45, 7) is 6.41. The minimum absolute atomic E-state index is 0.0717. The van der Waals surface area contributed by atoms with E-state index in [1.54, 1.807) is 0 Å². The molecule has 0 radical (unpaired) electrons. The number of nitrogens with one attached hydrogen (secondary N) is 2. The minimum Gasteiger partial charge on any atom is -0.480 e. The predicted octanol–water partition coefficient (Wildman–Crippen LogP) is 2.21. The van der Waals surface area contributed by atoms with Crippen LogP contribution in [0.2, 0.25) is 0 Å². The van der Waals surface area contributed by atoms with Crippen molar-refractivity contribution < 1.29 is 19.4 Å². The van der Waals surface area contributed by atoms with Crippen LogP contribution in [-0.2, 0) is 14.9 Å². The Hall–Kier alpha value is -2.08. The molecule has 0 aromatic heterocycles. The number of hydrogen-bond donors (Lipinski definition) is 3. The van der Waals surface area contributed by atoms with Crippen LogP contribution in [0.4, 0.5) is 10.5 Å². The monoisotopic (exact) mass is 294 g/mol. The summed E-state index contributed by atoms with van der Waals surface area (Å²) in [5, 5.41) is 13.7. The van der Waals surface area contributed by atoms with E-state index in [0.29, 0.717) is 5.69 Å². The molecule has 6 nitrogen and oxygen atoms in total. The van der Waals surface area contributed by atoms with Gasteiger partial charge in [0.15, 0.2) is 0 Å². The van der Waals surface area contributed by atoms with E-state index in [0.717, 1.165) is 0 Å². The minimum atomic E-state index is -1.03. The highest BCUT2D eigenvalue weighted by molar-refractivity contribution is 5.89. The summed E-state index contributed by atoms with van der Waals surface area (Å²) in [5.41, 5.74) is 1.96. The SMILES string of the molecule is CC(C)(C)c1ccc(NC(=O)NCCOCC(=O)O)cc1. The fourth-order valence-electron chi connectivity index (χ4n) is 1.63. The molecular formula is C15H22N2O4. The van der Waals surface area contributed by atoms with E-state index < -0.39 is 5.97 Å². The standard InChI is InChI=1S/C15H22N2O4/c1-15(2,3)11-4-6-12(7-5-11)17-14(20)16-8-9-21-10-13(18)19/h4-7H,8-10H2,1-3H3,(H,18,19)(H2,16,17,20). The normalized spacial score (nSPS) is 11.0. The zero-order valence-electron chi connectivity index (χ0n) is 12.6. The molecule has 0 saturated carbocycles.